The van der Waals surface area contributed by atoms with Gasteiger partial charge in [-0.05, 0) is 43.4 Å². The van der Waals surface area contributed by atoms with E-state index in [0.717, 1.165) is 24.8 Å². The standard InChI is InChI=1S/C21H24N2O3/c24-20(22-15-7-6-11-17-9-2-1-3-10-17)14-8-16-23-18-12-4-5-13-19(18)26-21(23)25/h1-5,9-10,12-13H,6-8,11,14-16H2,(H,22,24). The number of carbonyl (C=O) groups is 1. The van der Waals surface area contributed by atoms with Crippen molar-refractivity contribution in [1.82, 2.24) is 9.88 Å². The predicted octanol–water partition coefficient (Wildman–Crippen LogP) is 3.51. The minimum Gasteiger partial charge on any atom is -0.408 e. The molecule has 1 heterocycles. The highest BCUT2D eigenvalue weighted by Gasteiger charge is 2.09. The molecule has 0 unspecified atom stereocenters. The molecular formula is C21H24N2O3. The van der Waals surface area contributed by atoms with Gasteiger partial charge in [0.2, 0.25) is 5.91 Å². The van der Waals surface area contributed by atoms with E-state index in [1.54, 1.807) is 10.6 Å². The number of aromatic nitrogens is 1. The second kappa shape index (κ2) is 9.04. The molecule has 0 saturated carbocycles. The number of unbranched alkanes of at least 4 members (excludes halogenated alkanes) is 1. The van der Waals surface area contributed by atoms with E-state index in [9.17, 15) is 9.59 Å². The average Bonchev–Trinajstić information content (AvgIpc) is 2.98. The third-order valence-electron chi connectivity index (χ3n) is 4.42. The lowest BCUT2D eigenvalue weighted by Crippen LogP contribution is -2.25. The van der Waals surface area contributed by atoms with Crippen molar-refractivity contribution < 1.29 is 9.21 Å². The molecule has 3 rings (SSSR count). The first kappa shape index (κ1) is 18.0. The number of hydrogen-bond donors (Lipinski definition) is 1. The Kier molecular flexibility index (Phi) is 6.25. The van der Waals surface area contributed by atoms with Gasteiger partial charge in [0.25, 0.3) is 0 Å². The molecule has 5 heteroatoms. The van der Waals surface area contributed by atoms with Gasteiger partial charge in [0, 0.05) is 19.5 Å². The van der Waals surface area contributed by atoms with Crippen molar-refractivity contribution in [2.45, 2.75) is 38.6 Å². The lowest BCUT2D eigenvalue weighted by molar-refractivity contribution is -0.121. The highest BCUT2D eigenvalue weighted by atomic mass is 16.4. The van der Waals surface area contributed by atoms with Gasteiger partial charge < -0.3 is 9.73 Å². The number of fused-ring (bicyclic) bond motifs is 1. The number of nitrogens with zero attached hydrogens (tertiary/aromatic N) is 1. The van der Waals surface area contributed by atoms with Crippen molar-refractivity contribution in [1.29, 1.82) is 0 Å². The molecule has 0 aliphatic carbocycles. The number of hydrogen-bond acceptors (Lipinski definition) is 3. The van der Waals surface area contributed by atoms with Crippen LogP contribution in [-0.4, -0.2) is 17.0 Å². The molecule has 0 spiro atoms. The Morgan fingerprint density at radius 2 is 1.73 bits per heavy atom. The second-order valence-electron chi connectivity index (χ2n) is 6.38. The number of para-hydroxylation sites is 2. The number of aryl methyl sites for hydroxylation is 2. The van der Waals surface area contributed by atoms with E-state index >= 15 is 0 Å². The molecule has 0 bridgehead atoms. The van der Waals surface area contributed by atoms with Crippen LogP contribution in [0, 0.1) is 0 Å². The summed E-state index contributed by atoms with van der Waals surface area (Å²) in [5.74, 6) is -0.335. The number of oxazole rings is 1. The lowest BCUT2D eigenvalue weighted by atomic mass is 10.1. The summed E-state index contributed by atoms with van der Waals surface area (Å²) in [6.45, 7) is 1.18. The first-order chi connectivity index (χ1) is 12.7. The Labute approximate surface area is 152 Å². The zero-order chi connectivity index (χ0) is 18.2. The maximum Gasteiger partial charge on any atom is 0.419 e. The van der Waals surface area contributed by atoms with Crippen LogP contribution in [0.15, 0.2) is 63.8 Å². The van der Waals surface area contributed by atoms with Crippen LogP contribution in [0.25, 0.3) is 11.1 Å². The molecule has 136 valence electrons. The smallest absolute Gasteiger partial charge is 0.408 e. The van der Waals surface area contributed by atoms with Crippen LogP contribution >= 0.6 is 0 Å². The number of nitrogens with one attached hydrogen (secondary N) is 1. The number of rotatable bonds is 9. The lowest BCUT2D eigenvalue weighted by Gasteiger charge is -2.06. The van der Waals surface area contributed by atoms with E-state index < -0.39 is 0 Å². The summed E-state index contributed by atoms with van der Waals surface area (Å²) in [6, 6.07) is 17.7. The maximum absolute atomic E-state index is 11.9. The second-order valence-corrected chi connectivity index (χ2v) is 6.38. The van der Waals surface area contributed by atoms with E-state index in [2.05, 4.69) is 17.4 Å². The van der Waals surface area contributed by atoms with Crippen LogP contribution in [0.2, 0.25) is 0 Å². The summed E-state index contributed by atoms with van der Waals surface area (Å²) in [4.78, 5) is 23.8. The molecule has 1 N–H and O–H groups in total. The zero-order valence-corrected chi connectivity index (χ0v) is 14.8. The molecule has 0 fully saturated rings. The first-order valence-corrected chi connectivity index (χ1v) is 9.13. The van der Waals surface area contributed by atoms with Crippen LogP contribution in [-0.2, 0) is 17.8 Å². The normalized spacial score (nSPS) is 10.9. The van der Waals surface area contributed by atoms with Gasteiger partial charge in [-0.25, -0.2) is 4.79 Å². The van der Waals surface area contributed by atoms with Crippen molar-refractivity contribution in [2.75, 3.05) is 6.54 Å². The fraction of sp³-hybridized carbons (Fsp3) is 0.333. The first-order valence-electron chi connectivity index (χ1n) is 9.13. The third kappa shape index (κ3) is 4.85. The molecule has 2 aromatic carbocycles. The Hall–Kier alpha value is -2.82. The van der Waals surface area contributed by atoms with Gasteiger partial charge >= 0.3 is 5.76 Å². The Bertz CT molecular complexity index is 896. The molecule has 0 radical (unpaired) electrons. The minimum atomic E-state index is -0.368. The molecule has 1 aromatic heterocycles. The van der Waals surface area contributed by atoms with Gasteiger partial charge in [0.1, 0.15) is 0 Å². The molecule has 0 atom stereocenters. The Morgan fingerprint density at radius 3 is 2.58 bits per heavy atom. The van der Waals surface area contributed by atoms with Crippen molar-refractivity contribution in [3.63, 3.8) is 0 Å². The molecule has 1 amide bonds. The Balaban J connectivity index is 1.34. The number of carbonyl (C=O) groups excluding carboxylic acids is 1. The maximum atomic E-state index is 11.9. The predicted molar refractivity (Wildman–Crippen MR) is 102 cm³/mol. The van der Waals surface area contributed by atoms with Gasteiger partial charge in [0.05, 0.1) is 5.52 Å². The molecule has 26 heavy (non-hydrogen) atoms. The highest BCUT2D eigenvalue weighted by molar-refractivity contribution is 5.76. The SMILES string of the molecule is O=C(CCCn1c(=O)oc2ccccc21)NCCCCc1ccccc1. The van der Waals surface area contributed by atoms with E-state index in [1.807, 2.05) is 36.4 Å². The van der Waals surface area contributed by atoms with Crippen molar-refractivity contribution in [2.24, 2.45) is 0 Å². The van der Waals surface area contributed by atoms with Crippen molar-refractivity contribution >= 4 is 17.0 Å². The summed E-state index contributed by atoms with van der Waals surface area (Å²) in [5.41, 5.74) is 2.69. The van der Waals surface area contributed by atoms with E-state index in [4.69, 9.17) is 4.42 Å². The summed E-state index contributed by atoms with van der Waals surface area (Å²) in [7, 11) is 0. The quantitative estimate of drug-likeness (QED) is 0.599. The summed E-state index contributed by atoms with van der Waals surface area (Å²) < 4.78 is 6.78. The summed E-state index contributed by atoms with van der Waals surface area (Å²) in [6.07, 6.45) is 4.07. The van der Waals surface area contributed by atoms with Gasteiger partial charge in [-0.2, -0.15) is 0 Å². The van der Waals surface area contributed by atoms with Crippen LogP contribution in [0.4, 0.5) is 0 Å². The van der Waals surface area contributed by atoms with E-state index in [0.29, 0.717) is 31.5 Å². The van der Waals surface area contributed by atoms with Crippen LogP contribution in [0.1, 0.15) is 31.2 Å². The molecule has 0 aliphatic rings. The minimum absolute atomic E-state index is 0.0329. The van der Waals surface area contributed by atoms with Crippen LogP contribution in [0.3, 0.4) is 0 Å². The molecular weight excluding hydrogens is 328 g/mol. The molecule has 5 nitrogen and oxygen atoms in total. The number of amides is 1. The number of benzene rings is 2. The topological polar surface area (TPSA) is 64.2 Å². The largest absolute Gasteiger partial charge is 0.419 e. The van der Waals surface area contributed by atoms with Gasteiger partial charge in [-0.1, -0.05) is 42.5 Å². The molecule has 0 saturated heterocycles. The monoisotopic (exact) mass is 352 g/mol. The summed E-state index contributed by atoms with van der Waals surface area (Å²) in [5, 5.41) is 2.95. The van der Waals surface area contributed by atoms with Crippen molar-refractivity contribution in [3.05, 3.63) is 70.7 Å². The third-order valence-corrected chi connectivity index (χ3v) is 4.42. The van der Waals surface area contributed by atoms with Gasteiger partial charge in [-0.3, -0.25) is 9.36 Å². The zero-order valence-electron chi connectivity index (χ0n) is 14.8. The van der Waals surface area contributed by atoms with Crippen LogP contribution in [0.5, 0.6) is 0 Å². The van der Waals surface area contributed by atoms with E-state index in [-0.39, 0.29) is 11.7 Å². The Morgan fingerprint density at radius 1 is 0.962 bits per heavy atom. The van der Waals surface area contributed by atoms with Crippen molar-refractivity contribution in [3.8, 4) is 0 Å². The van der Waals surface area contributed by atoms with E-state index in [1.165, 1.54) is 5.56 Å². The molecule has 0 aliphatic heterocycles. The van der Waals surface area contributed by atoms with Gasteiger partial charge in [0.15, 0.2) is 5.58 Å². The fourth-order valence-corrected chi connectivity index (χ4v) is 3.04. The fourth-order valence-electron chi connectivity index (χ4n) is 3.04. The molecule has 3 aromatic rings. The van der Waals surface area contributed by atoms with Crippen LogP contribution < -0.4 is 11.1 Å². The summed E-state index contributed by atoms with van der Waals surface area (Å²) >= 11 is 0. The van der Waals surface area contributed by atoms with Gasteiger partial charge in [-0.15, -0.1) is 0 Å². The average molecular weight is 352 g/mol. The highest BCUT2D eigenvalue weighted by Crippen LogP contribution is 2.12.